The Labute approximate surface area is 190 Å². The largest absolute Gasteiger partial charge is 0.367 e. The molecule has 162 valence electrons. The van der Waals surface area contributed by atoms with Gasteiger partial charge >= 0.3 is 0 Å². The number of carbonyl (C=O) groups is 1. The van der Waals surface area contributed by atoms with Gasteiger partial charge in [-0.1, -0.05) is 18.2 Å². The highest BCUT2D eigenvalue weighted by molar-refractivity contribution is 7.10. The molecule has 7 heteroatoms. The van der Waals surface area contributed by atoms with Crippen molar-refractivity contribution in [3.8, 4) is 0 Å². The van der Waals surface area contributed by atoms with Gasteiger partial charge in [-0.3, -0.25) is 9.59 Å². The van der Waals surface area contributed by atoms with Gasteiger partial charge in [0.25, 0.3) is 11.5 Å². The van der Waals surface area contributed by atoms with Gasteiger partial charge in [0.15, 0.2) is 5.69 Å². The van der Waals surface area contributed by atoms with Gasteiger partial charge in [-0.05, 0) is 67.6 Å². The molecule has 0 fully saturated rings. The van der Waals surface area contributed by atoms with E-state index in [4.69, 9.17) is 0 Å². The molecule has 2 aromatic heterocycles. The second kappa shape index (κ2) is 8.24. The lowest BCUT2D eigenvalue weighted by Crippen LogP contribution is -2.29. The SMILES string of the molecule is CC(C)n1nc(C(=O)Nc2ccc(N3CCc4sccc4C3)cc2)c2ccccc2c1=O. The molecule has 3 heterocycles. The smallest absolute Gasteiger partial charge is 0.276 e. The Hall–Kier alpha value is -3.45. The number of benzene rings is 2. The molecule has 1 amide bonds. The average molecular weight is 445 g/mol. The average Bonchev–Trinajstić information content (AvgIpc) is 3.27. The van der Waals surface area contributed by atoms with E-state index in [1.165, 1.54) is 15.1 Å². The molecule has 0 bridgehead atoms. The molecule has 0 atom stereocenters. The fourth-order valence-electron chi connectivity index (χ4n) is 4.14. The van der Waals surface area contributed by atoms with Gasteiger partial charge in [0.2, 0.25) is 0 Å². The number of hydrogen-bond acceptors (Lipinski definition) is 5. The predicted octanol–water partition coefficient (Wildman–Crippen LogP) is 4.85. The fraction of sp³-hybridized carbons (Fsp3) is 0.240. The molecule has 1 aliphatic rings. The summed E-state index contributed by atoms with van der Waals surface area (Å²) < 4.78 is 1.37. The van der Waals surface area contributed by atoms with Crippen molar-refractivity contribution in [2.75, 3.05) is 16.8 Å². The van der Waals surface area contributed by atoms with Gasteiger partial charge in [0.05, 0.1) is 11.4 Å². The third-order valence-electron chi connectivity index (χ3n) is 5.83. The lowest BCUT2D eigenvalue weighted by atomic mass is 10.1. The van der Waals surface area contributed by atoms with Crippen LogP contribution in [0.1, 0.15) is 40.8 Å². The van der Waals surface area contributed by atoms with E-state index >= 15 is 0 Å². The minimum absolute atomic E-state index is 0.147. The Kier molecular flexibility index (Phi) is 5.27. The van der Waals surface area contributed by atoms with Crippen LogP contribution in [0.2, 0.25) is 0 Å². The molecule has 0 saturated carbocycles. The molecule has 4 aromatic rings. The zero-order chi connectivity index (χ0) is 22.2. The van der Waals surface area contributed by atoms with Gasteiger partial charge < -0.3 is 10.2 Å². The molecule has 0 saturated heterocycles. The summed E-state index contributed by atoms with van der Waals surface area (Å²) >= 11 is 1.83. The van der Waals surface area contributed by atoms with Crippen molar-refractivity contribution >= 4 is 39.4 Å². The van der Waals surface area contributed by atoms with E-state index in [1.807, 2.05) is 55.5 Å². The van der Waals surface area contributed by atoms with Gasteiger partial charge in [0, 0.05) is 34.7 Å². The number of thiophene rings is 1. The van der Waals surface area contributed by atoms with E-state index in [9.17, 15) is 9.59 Å². The molecular weight excluding hydrogens is 420 g/mol. The maximum absolute atomic E-state index is 13.1. The molecule has 0 aliphatic carbocycles. The number of aromatic nitrogens is 2. The molecular formula is C25H24N4O2S. The Morgan fingerprint density at radius 3 is 2.56 bits per heavy atom. The van der Waals surface area contributed by atoms with E-state index in [0.29, 0.717) is 16.5 Å². The maximum atomic E-state index is 13.1. The number of carbonyl (C=O) groups excluding carboxylic acids is 1. The highest BCUT2D eigenvalue weighted by Crippen LogP contribution is 2.28. The molecule has 1 aliphatic heterocycles. The van der Waals surface area contributed by atoms with Crippen LogP contribution in [0.4, 0.5) is 11.4 Å². The first-order chi connectivity index (χ1) is 15.5. The van der Waals surface area contributed by atoms with Crippen molar-refractivity contribution < 1.29 is 4.79 Å². The summed E-state index contributed by atoms with van der Waals surface area (Å²) in [4.78, 5) is 29.7. The van der Waals surface area contributed by atoms with Crippen LogP contribution >= 0.6 is 11.3 Å². The van der Waals surface area contributed by atoms with E-state index in [-0.39, 0.29) is 23.2 Å². The second-order valence-corrected chi connectivity index (χ2v) is 9.28. The number of nitrogens with zero attached hydrogens (tertiary/aromatic N) is 3. The summed E-state index contributed by atoms with van der Waals surface area (Å²) in [6, 6.07) is 17.1. The van der Waals surface area contributed by atoms with E-state index < -0.39 is 0 Å². The van der Waals surface area contributed by atoms with E-state index in [0.717, 1.165) is 25.2 Å². The Morgan fingerprint density at radius 2 is 1.81 bits per heavy atom. The summed E-state index contributed by atoms with van der Waals surface area (Å²) in [5, 5.41) is 10.5. The standard InChI is InChI=1S/C25H24N4O2S/c1-16(2)29-25(31)21-6-4-3-5-20(21)23(27-29)24(30)26-18-7-9-19(10-8-18)28-13-11-22-17(15-28)12-14-32-22/h3-10,12,14,16H,11,13,15H2,1-2H3,(H,26,30). The normalized spacial score (nSPS) is 13.4. The number of fused-ring (bicyclic) bond motifs is 2. The molecule has 0 spiro atoms. The van der Waals surface area contributed by atoms with Crippen LogP contribution in [0.3, 0.4) is 0 Å². The predicted molar refractivity (Wildman–Crippen MR) is 130 cm³/mol. The van der Waals surface area contributed by atoms with Crippen LogP contribution in [-0.2, 0) is 13.0 Å². The first-order valence-corrected chi connectivity index (χ1v) is 11.6. The lowest BCUT2D eigenvalue weighted by molar-refractivity contribution is 0.102. The van der Waals surface area contributed by atoms with Gasteiger partial charge in [-0.15, -0.1) is 11.3 Å². The van der Waals surface area contributed by atoms with Crippen molar-refractivity contribution in [1.82, 2.24) is 9.78 Å². The molecule has 0 unspecified atom stereocenters. The van der Waals surface area contributed by atoms with Crippen molar-refractivity contribution in [2.45, 2.75) is 32.9 Å². The third kappa shape index (κ3) is 3.69. The molecule has 6 nitrogen and oxygen atoms in total. The maximum Gasteiger partial charge on any atom is 0.276 e. The lowest BCUT2D eigenvalue weighted by Gasteiger charge is -2.29. The van der Waals surface area contributed by atoms with Crippen LogP contribution in [-0.4, -0.2) is 22.2 Å². The van der Waals surface area contributed by atoms with Crippen LogP contribution in [0.15, 0.2) is 64.8 Å². The van der Waals surface area contributed by atoms with Crippen molar-refractivity contribution in [2.24, 2.45) is 0 Å². The first-order valence-electron chi connectivity index (χ1n) is 10.7. The highest BCUT2D eigenvalue weighted by Gasteiger charge is 2.19. The molecule has 0 radical (unpaired) electrons. The van der Waals surface area contributed by atoms with Crippen LogP contribution in [0, 0.1) is 0 Å². The van der Waals surface area contributed by atoms with Gasteiger partial charge in [0.1, 0.15) is 0 Å². The Morgan fingerprint density at radius 1 is 1.06 bits per heavy atom. The molecule has 2 aromatic carbocycles. The van der Waals surface area contributed by atoms with Crippen molar-refractivity contribution in [3.63, 3.8) is 0 Å². The van der Waals surface area contributed by atoms with Crippen LogP contribution < -0.4 is 15.8 Å². The monoisotopic (exact) mass is 444 g/mol. The molecule has 1 N–H and O–H groups in total. The van der Waals surface area contributed by atoms with Crippen LogP contribution in [0.25, 0.3) is 10.8 Å². The Balaban J connectivity index is 1.39. The summed E-state index contributed by atoms with van der Waals surface area (Å²) in [5.74, 6) is -0.329. The summed E-state index contributed by atoms with van der Waals surface area (Å²) in [5.41, 5.74) is 3.29. The van der Waals surface area contributed by atoms with Gasteiger partial charge in [-0.25, -0.2) is 4.68 Å². The first kappa shape index (κ1) is 20.5. The Bertz CT molecular complexity index is 1350. The zero-order valence-electron chi connectivity index (χ0n) is 18.0. The van der Waals surface area contributed by atoms with E-state index in [1.54, 1.807) is 18.2 Å². The number of rotatable bonds is 4. The molecule has 5 rings (SSSR count). The highest BCUT2D eigenvalue weighted by atomic mass is 32.1. The number of anilines is 2. The topological polar surface area (TPSA) is 67.2 Å². The fourth-order valence-corrected chi connectivity index (χ4v) is 5.03. The summed E-state index contributed by atoms with van der Waals surface area (Å²) in [7, 11) is 0. The van der Waals surface area contributed by atoms with E-state index in [2.05, 4.69) is 26.8 Å². The minimum Gasteiger partial charge on any atom is -0.367 e. The number of nitrogens with one attached hydrogen (secondary N) is 1. The van der Waals surface area contributed by atoms with Crippen molar-refractivity contribution in [3.05, 3.63) is 86.5 Å². The molecule has 32 heavy (non-hydrogen) atoms. The van der Waals surface area contributed by atoms with Crippen molar-refractivity contribution in [1.29, 1.82) is 0 Å². The van der Waals surface area contributed by atoms with Crippen LogP contribution in [0.5, 0.6) is 0 Å². The quantitative estimate of drug-likeness (QED) is 0.488. The number of amides is 1. The number of hydrogen-bond donors (Lipinski definition) is 1. The minimum atomic E-state index is -0.329. The van der Waals surface area contributed by atoms with Gasteiger partial charge in [-0.2, -0.15) is 5.10 Å². The zero-order valence-corrected chi connectivity index (χ0v) is 18.9. The second-order valence-electron chi connectivity index (χ2n) is 8.28. The summed E-state index contributed by atoms with van der Waals surface area (Å²) in [6.07, 6.45) is 1.07. The third-order valence-corrected chi connectivity index (χ3v) is 6.85. The summed E-state index contributed by atoms with van der Waals surface area (Å²) in [6.45, 7) is 5.66.